The van der Waals surface area contributed by atoms with Gasteiger partial charge in [0.25, 0.3) is 5.91 Å². The van der Waals surface area contributed by atoms with Gasteiger partial charge in [-0.1, -0.05) is 32.9 Å². The molecule has 9 nitrogen and oxygen atoms in total. The predicted octanol–water partition coefficient (Wildman–Crippen LogP) is 3.28. The van der Waals surface area contributed by atoms with Gasteiger partial charge in [-0.05, 0) is 55.9 Å². The van der Waals surface area contributed by atoms with E-state index in [-0.39, 0.29) is 42.7 Å². The van der Waals surface area contributed by atoms with Gasteiger partial charge in [-0.15, -0.1) is 13.2 Å². The number of ether oxygens (including phenoxy) is 2. The summed E-state index contributed by atoms with van der Waals surface area (Å²) in [5, 5.41) is 10.6. The number of rotatable bonds is 12. The lowest BCUT2D eigenvalue weighted by atomic mass is 9.62. The van der Waals surface area contributed by atoms with Crippen LogP contribution in [0.3, 0.4) is 0 Å². The highest BCUT2D eigenvalue weighted by Crippen LogP contribution is 2.66. The zero-order valence-electron chi connectivity index (χ0n) is 25.2. The predicted molar refractivity (Wildman–Crippen MR) is 157 cm³/mol. The van der Waals surface area contributed by atoms with Crippen molar-refractivity contribution in [3.05, 3.63) is 49.6 Å². The van der Waals surface area contributed by atoms with Gasteiger partial charge in [0.15, 0.2) is 0 Å². The van der Waals surface area contributed by atoms with Crippen molar-refractivity contribution in [2.75, 3.05) is 38.8 Å². The Bertz CT molecular complexity index is 1180. The molecule has 3 heterocycles. The molecule has 1 aromatic rings. The molecule has 0 saturated carbocycles. The third-order valence-electron chi connectivity index (χ3n) is 9.34. The molecule has 1 spiro atoms. The molecule has 3 fully saturated rings. The van der Waals surface area contributed by atoms with Crippen LogP contribution in [0.4, 0.5) is 5.69 Å². The van der Waals surface area contributed by atoms with Crippen LogP contribution in [0.2, 0.25) is 0 Å². The maximum atomic E-state index is 14.8. The number of hydrogen-bond donors (Lipinski definition) is 1. The van der Waals surface area contributed by atoms with Crippen LogP contribution in [-0.2, 0) is 19.1 Å². The summed E-state index contributed by atoms with van der Waals surface area (Å²) in [4.78, 5) is 48.0. The minimum absolute atomic E-state index is 0.0839. The maximum absolute atomic E-state index is 14.8. The average molecular weight is 568 g/mol. The molecule has 0 radical (unpaired) electrons. The van der Waals surface area contributed by atoms with Gasteiger partial charge in [0.05, 0.1) is 37.2 Å². The Morgan fingerprint density at radius 1 is 1.20 bits per heavy atom. The van der Waals surface area contributed by atoms with E-state index in [1.807, 2.05) is 27.7 Å². The number of anilines is 1. The Labute approximate surface area is 243 Å². The van der Waals surface area contributed by atoms with Gasteiger partial charge in [-0.2, -0.15) is 0 Å². The lowest BCUT2D eigenvalue weighted by Crippen LogP contribution is -2.59. The Balaban J connectivity index is 1.88. The Morgan fingerprint density at radius 2 is 1.83 bits per heavy atom. The topological polar surface area (TPSA) is 99.6 Å². The first-order chi connectivity index (χ1) is 19.4. The van der Waals surface area contributed by atoms with Gasteiger partial charge in [0.1, 0.15) is 17.4 Å². The van der Waals surface area contributed by atoms with Crippen molar-refractivity contribution in [2.24, 2.45) is 23.7 Å². The van der Waals surface area contributed by atoms with Gasteiger partial charge in [-0.3, -0.25) is 14.4 Å². The third kappa shape index (κ3) is 4.87. The summed E-state index contributed by atoms with van der Waals surface area (Å²) >= 11 is 0. The molecule has 0 aromatic heterocycles. The van der Waals surface area contributed by atoms with Gasteiger partial charge in [-0.25, -0.2) is 0 Å². The average Bonchev–Trinajstić information content (AvgIpc) is 3.46. The van der Waals surface area contributed by atoms with Gasteiger partial charge in [0.2, 0.25) is 11.8 Å². The number of aliphatic hydroxyl groups is 1. The van der Waals surface area contributed by atoms with Crippen molar-refractivity contribution in [1.29, 1.82) is 0 Å². The van der Waals surface area contributed by atoms with Crippen molar-refractivity contribution in [2.45, 2.75) is 63.8 Å². The normalized spacial score (nSPS) is 30.7. The molecule has 9 heteroatoms. The minimum atomic E-state index is -1.21. The second-order valence-electron chi connectivity index (χ2n) is 12.4. The van der Waals surface area contributed by atoms with Crippen molar-refractivity contribution in [3.63, 3.8) is 0 Å². The number of carbonyl (C=O) groups is 3. The zero-order valence-corrected chi connectivity index (χ0v) is 25.2. The van der Waals surface area contributed by atoms with E-state index in [0.717, 1.165) is 0 Å². The van der Waals surface area contributed by atoms with Crippen molar-refractivity contribution < 1.29 is 29.0 Å². The lowest BCUT2D eigenvalue weighted by Gasteiger charge is -2.40. The monoisotopic (exact) mass is 567 g/mol. The number of nitrogens with zero attached hydrogens (tertiary/aromatic N) is 3. The Hall–Kier alpha value is -3.17. The number of likely N-dealkylation sites (tertiary alicyclic amines) is 1. The van der Waals surface area contributed by atoms with Crippen LogP contribution in [0.5, 0.6) is 5.75 Å². The molecule has 224 valence electrons. The summed E-state index contributed by atoms with van der Waals surface area (Å²) in [6.45, 7) is 15.8. The van der Waals surface area contributed by atoms with E-state index in [1.54, 1.807) is 65.3 Å². The van der Waals surface area contributed by atoms with E-state index < -0.39 is 35.1 Å². The summed E-state index contributed by atoms with van der Waals surface area (Å²) in [5.41, 5.74) is -1.51. The van der Waals surface area contributed by atoms with E-state index in [1.165, 1.54) is 0 Å². The molecular formula is C32H45N3O6. The first-order valence-corrected chi connectivity index (χ1v) is 14.5. The molecule has 1 aromatic carbocycles. The second kappa shape index (κ2) is 11.6. The van der Waals surface area contributed by atoms with E-state index in [9.17, 15) is 19.5 Å². The van der Waals surface area contributed by atoms with Gasteiger partial charge in [0, 0.05) is 25.8 Å². The molecule has 3 unspecified atom stereocenters. The number of benzene rings is 1. The quantitative estimate of drug-likeness (QED) is 0.389. The standard InChI is InChI=1S/C32H45N3O6/c1-9-15-33(7)28(37)25-26-29(38)35(23(19-36)17-20(3)4)27(32(26)18-21(5)31(25,6)41-32)30(39)34(16-10-2)22-11-13-24(40-8)14-12-22/h9-14,20-21,23,25-27,36H,1-2,15-19H2,3-8H3/t21?,23-,25+,26+,27?,31-,32?/m1/s1. The summed E-state index contributed by atoms with van der Waals surface area (Å²) in [6, 6.07) is 5.51. The highest BCUT2D eigenvalue weighted by atomic mass is 16.5. The fourth-order valence-corrected chi connectivity index (χ4v) is 7.43. The largest absolute Gasteiger partial charge is 0.497 e. The van der Waals surface area contributed by atoms with Crippen LogP contribution in [0, 0.1) is 23.7 Å². The minimum Gasteiger partial charge on any atom is -0.497 e. The number of amides is 3. The van der Waals surface area contributed by atoms with E-state index in [4.69, 9.17) is 9.47 Å². The molecule has 3 saturated heterocycles. The number of carbonyl (C=O) groups excluding carboxylic acids is 3. The van der Waals surface area contributed by atoms with Gasteiger partial charge < -0.3 is 29.3 Å². The van der Waals surface area contributed by atoms with Crippen LogP contribution in [0.15, 0.2) is 49.6 Å². The lowest BCUT2D eigenvalue weighted by molar-refractivity contribution is -0.153. The molecule has 3 amide bonds. The summed E-state index contributed by atoms with van der Waals surface area (Å²) in [6.07, 6.45) is 4.24. The molecule has 4 rings (SSSR count). The first-order valence-electron chi connectivity index (χ1n) is 14.5. The SMILES string of the molecule is C=CCN(C)C(=O)[C@@H]1[C@H]2C(=O)N([C@@H](CO)CC(C)C)C(C(=O)N(CC=C)c3ccc(OC)cc3)C23CC(C)[C@@]1(C)O3. The number of fused-ring (bicyclic) bond motifs is 1. The summed E-state index contributed by atoms with van der Waals surface area (Å²) in [5.74, 6) is -1.72. The fraction of sp³-hybridized carbons (Fsp3) is 0.594. The summed E-state index contributed by atoms with van der Waals surface area (Å²) < 4.78 is 12.2. The van der Waals surface area contributed by atoms with Gasteiger partial charge >= 0.3 is 0 Å². The van der Waals surface area contributed by atoms with Crippen LogP contribution >= 0.6 is 0 Å². The van der Waals surface area contributed by atoms with Crippen LogP contribution in [0.25, 0.3) is 0 Å². The Morgan fingerprint density at radius 3 is 2.37 bits per heavy atom. The Kier molecular flexibility index (Phi) is 8.71. The smallest absolute Gasteiger partial charge is 0.253 e. The van der Waals surface area contributed by atoms with Crippen molar-refractivity contribution >= 4 is 23.4 Å². The third-order valence-corrected chi connectivity index (χ3v) is 9.34. The van der Waals surface area contributed by atoms with E-state index in [0.29, 0.717) is 30.8 Å². The number of hydrogen-bond acceptors (Lipinski definition) is 6. The second-order valence-corrected chi connectivity index (χ2v) is 12.4. The molecule has 2 bridgehead atoms. The van der Waals surface area contributed by atoms with Crippen LogP contribution in [-0.4, -0.2) is 89.8 Å². The number of methoxy groups -OCH3 is 1. The molecule has 0 aliphatic carbocycles. The number of likely N-dealkylation sites (N-methyl/N-ethyl adjacent to an activating group) is 1. The van der Waals surface area contributed by atoms with E-state index in [2.05, 4.69) is 13.2 Å². The fourth-order valence-electron chi connectivity index (χ4n) is 7.43. The molecule has 3 aliphatic rings. The number of aliphatic hydroxyl groups excluding tert-OH is 1. The first kappa shape index (κ1) is 30.8. The van der Waals surface area contributed by atoms with Crippen molar-refractivity contribution in [3.8, 4) is 5.75 Å². The summed E-state index contributed by atoms with van der Waals surface area (Å²) in [7, 11) is 3.27. The van der Waals surface area contributed by atoms with Crippen molar-refractivity contribution in [1.82, 2.24) is 9.80 Å². The molecule has 7 atom stereocenters. The maximum Gasteiger partial charge on any atom is 0.253 e. The van der Waals surface area contributed by atoms with Crippen LogP contribution in [0.1, 0.15) is 40.5 Å². The molecular weight excluding hydrogens is 522 g/mol. The molecule has 3 aliphatic heterocycles. The zero-order chi connectivity index (χ0) is 30.3. The van der Waals surface area contributed by atoms with Crippen LogP contribution < -0.4 is 9.64 Å². The molecule has 41 heavy (non-hydrogen) atoms. The van der Waals surface area contributed by atoms with E-state index >= 15 is 0 Å². The highest BCUT2D eigenvalue weighted by molar-refractivity contribution is 6.05. The molecule has 1 N–H and O–H groups in total. The highest BCUT2D eigenvalue weighted by Gasteiger charge is 2.80.